The molecule has 8 aromatic rings. The van der Waals surface area contributed by atoms with Crippen LogP contribution in [-0.4, -0.2) is 19.9 Å². The molecule has 0 amide bonds. The van der Waals surface area contributed by atoms with E-state index in [1.807, 2.05) is 36.4 Å². The number of aromatic nitrogens is 4. The van der Waals surface area contributed by atoms with Crippen LogP contribution in [0.25, 0.3) is 78.7 Å². The van der Waals surface area contributed by atoms with E-state index < -0.39 is 0 Å². The molecule has 0 aliphatic heterocycles. The average molecular weight is 655 g/mol. The Morgan fingerprint density at radius 1 is 0.353 bits per heavy atom. The van der Waals surface area contributed by atoms with Crippen LogP contribution in [0.1, 0.15) is 5.56 Å². The van der Waals surface area contributed by atoms with Crippen LogP contribution in [0, 0.1) is 0 Å². The zero-order chi connectivity index (χ0) is 34.4. The molecule has 4 heteroatoms. The molecule has 8 rings (SSSR count). The summed E-state index contributed by atoms with van der Waals surface area (Å²) in [6.45, 7) is 3.95. The summed E-state index contributed by atoms with van der Waals surface area (Å²) in [4.78, 5) is 19.7. The molecule has 0 unspecified atom stereocenters. The Morgan fingerprint density at radius 3 is 1.20 bits per heavy atom. The second-order valence-corrected chi connectivity index (χ2v) is 12.4. The first-order valence-corrected chi connectivity index (χ1v) is 17.0. The number of benzene rings is 6. The summed E-state index contributed by atoms with van der Waals surface area (Å²) in [5.41, 5.74) is 12.7. The Bertz CT molecular complexity index is 2380. The monoisotopic (exact) mass is 654 g/mol. The molecule has 2 heterocycles. The fraction of sp³-hybridized carbons (Fsp3) is 0.0213. The van der Waals surface area contributed by atoms with E-state index in [-0.39, 0.29) is 0 Å². The summed E-state index contributed by atoms with van der Waals surface area (Å²) < 4.78 is 0. The third kappa shape index (κ3) is 7.03. The average Bonchev–Trinajstić information content (AvgIpc) is 3.22. The van der Waals surface area contributed by atoms with Crippen molar-refractivity contribution in [3.05, 3.63) is 194 Å². The van der Waals surface area contributed by atoms with Crippen LogP contribution in [0.4, 0.5) is 0 Å². The van der Waals surface area contributed by atoms with Crippen molar-refractivity contribution in [2.24, 2.45) is 0 Å². The second-order valence-electron chi connectivity index (χ2n) is 12.4. The Labute approximate surface area is 298 Å². The summed E-state index contributed by atoms with van der Waals surface area (Å²) in [6.07, 6.45) is 6.28. The molecule has 0 aliphatic rings. The van der Waals surface area contributed by atoms with Crippen LogP contribution in [0.2, 0.25) is 0 Å². The van der Waals surface area contributed by atoms with Gasteiger partial charge in [-0.05, 0) is 105 Å². The smallest absolute Gasteiger partial charge is 0.164 e. The molecular formula is C47H34N4. The van der Waals surface area contributed by atoms with Gasteiger partial charge in [-0.15, -0.1) is 6.58 Å². The fourth-order valence-electron chi connectivity index (χ4n) is 6.38. The third-order valence-corrected chi connectivity index (χ3v) is 8.92. The van der Waals surface area contributed by atoms with Crippen LogP contribution >= 0.6 is 0 Å². The van der Waals surface area contributed by atoms with E-state index in [9.17, 15) is 0 Å². The predicted molar refractivity (Wildman–Crippen MR) is 210 cm³/mol. The molecule has 0 N–H and O–H groups in total. The SMILES string of the molecule is C=CCc1cccc(-c2cc(-c3ccccc3)cc(-c3nc(-c4ccncc4)nc(-c4cc(-c5ccccc5)cc(-c5ccccc5)c4)n3)c2)c1. The number of hydrogen-bond acceptors (Lipinski definition) is 4. The first kappa shape index (κ1) is 31.5. The van der Waals surface area contributed by atoms with Crippen molar-refractivity contribution in [3.8, 4) is 78.7 Å². The molecular weight excluding hydrogens is 621 g/mol. The van der Waals surface area contributed by atoms with Crippen molar-refractivity contribution >= 4 is 0 Å². The van der Waals surface area contributed by atoms with Crippen molar-refractivity contribution in [2.75, 3.05) is 0 Å². The van der Waals surface area contributed by atoms with Crippen molar-refractivity contribution in [1.29, 1.82) is 0 Å². The quantitative estimate of drug-likeness (QED) is 0.145. The second kappa shape index (κ2) is 14.4. The number of nitrogens with zero attached hydrogens (tertiary/aromatic N) is 4. The van der Waals surface area contributed by atoms with Gasteiger partial charge in [0, 0.05) is 29.1 Å². The molecule has 6 aromatic carbocycles. The van der Waals surface area contributed by atoms with Gasteiger partial charge < -0.3 is 0 Å². The zero-order valence-electron chi connectivity index (χ0n) is 28.0. The largest absolute Gasteiger partial charge is 0.265 e. The van der Waals surface area contributed by atoms with E-state index in [0.29, 0.717) is 17.5 Å². The molecule has 2 aromatic heterocycles. The summed E-state index contributed by atoms with van der Waals surface area (Å²) in [6, 6.07) is 57.0. The van der Waals surface area contributed by atoms with Crippen LogP contribution < -0.4 is 0 Å². The lowest BCUT2D eigenvalue weighted by Gasteiger charge is -2.14. The highest BCUT2D eigenvalue weighted by molar-refractivity contribution is 5.82. The lowest BCUT2D eigenvalue weighted by atomic mass is 9.94. The lowest BCUT2D eigenvalue weighted by Crippen LogP contribution is -2.01. The molecule has 0 radical (unpaired) electrons. The van der Waals surface area contributed by atoms with E-state index in [0.717, 1.165) is 67.6 Å². The van der Waals surface area contributed by atoms with Gasteiger partial charge in [0.25, 0.3) is 0 Å². The van der Waals surface area contributed by atoms with Gasteiger partial charge in [-0.1, -0.05) is 121 Å². The molecule has 0 fully saturated rings. The van der Waals surface area contributed by atoms with Gasteiger partial charge in [-0.25, -0.2) is 15.0 Å². The number of pyridine rings is 1. The first-order chi connectivity index (χ1) is 25.2. The van der Waals surface area contributed by atoms with Crippen molar-refractivity contribution in [3.63, 3.8) is 0 Å². The molecule has 0 saturated heterocycles. The highest BCUT2D eigenvalue weighted by Gasteiger charge is 2.17. The van der Waals surface area contributed by atoms with Crippen LogP contribution in [0.5, 0.6) is 0 Å². The molecule has 242 valence electrons. The Balaban J connectivity index is 1.36. The molecule has 0 atom stereocenters. The molecule has 0 aliphatic carbocycles. The summed E-state index contributed by atoms with van der Waals surface area (Å²) in [5.74, 6) is 1.78. The van der Waals surface area contributed by atoms with Crippen LogP contribution in [0.15, 0.2) is 189 Å². The van der Waals surface area contributed by atoms with Gasteiger partial charge in [0.05, 0.1) is 0 Å². The Hall–Kier alpha value is -6.78. The van der Waals surface area contributed by atoms with E-state index in [4.69, 9.17) is 15.0 Å². The number of hydrogen-bond donors (Lipinski definition) is 0. The van der Waals surface area contributed by atoms with Crippen molar-refractivity contribution in [1.82, 2.24) is 19.9 Å². The van der Waals surface area contributed by atoms with E-state index in [1.165, 1.54) is 5.56 Å². The van der Waals surface area contributed by atoms with Gasteiger partial charge >= 0.3 is 0 Å². The Morgan fingerprint density at radius 2 is 0.745 bits per heavy atom. The van der Waals surface area contributed by atoms with Crippen LogP contribution in [-0.2, 0) is 6.42 Å². The lowest BCUT2D eigenvalue weighted by molar-refractivity contribution is 1.07. The standard InChI is InChI=1S/C47H34N4/c1-2-13-33-14-12-21-38(26-33)42-28-41(36-19-10-5-11-20-36)31-44(32-42)47-50-45(37-22-24-48-25-23-37)49-46(51-47)43-29-39(34-15-6-3-7-16-34)27-40(30-43)35-17-8-4-9-18-35/h2-12,14-32H,1,13H2. The summed E-state index contributed by atoms with van der Waals surface area (Å²) in [7, 11) is 0. The Kier molecular flexibility index (Phi) is 8.87. The first-order valence-electron chi connectivity index (χ1n) is 17.0. The zero-order valence-corrected chi connectivity index (χ0v) is 28.0. The predicted octanol–water partition coefficient (Wildman–Crippen LogP) is 11.7. The summed E-state index contributed by atoms with van der Waals surface area (Å²) >= 11 is 0. The van der Waals surface area contributed by atoms with E-state index in [1.54, 1.807) is 12.4 Å². The maximum Gasteiger partial charge on any atom is 0.164 e. The fourth-order valence-corrected chi connectivity index (χ4v) is 6.38. The normalized spacial score (nSPS) is 10.9. The minimum absolute atomic E-state index is 0.586. The van der Waals surface area contributed by atoms with E-state index in [2.05, 4.69) is 145 Å². The minimum atomic E-state index is 0.586. The molecule has 4 nitrogen and oxygen atoms in total. The highest BCUT2D eigenvalue weighted by atomic mass is 15.0. The topological polar surface area (TPSA) is 51.6 Å². The van der Waals surface area contributed by atoms with Gasteiger partial charge in [0.1, 0.15) is 0 Å². The van der Waals surface area contributed by atoms with Crippen molar-refractivity contribution < 1.29 is 0 Å². The van der Waals surface area contributed by atoms with Crippen molar-refractivity contribution in [2.45, 2.75) is 6.42 Å². The van der Waals surface area contributed by atoms with E-state index >= 15 is 0 Å². The molecule has 0 saturated carbocycles. The van der Waals surface area contributed by atoms with Gasteiger partial charge in [0.15, 0.2) is 17.5 Å². The number of allylic oxidation sites excluding steroid dienone is 1. The third-order valence-electron chi connectivity index (χ3n) is 8.92. The van der Waals surface area contributed by atoms with Gasteiger partial charge in [0.2, 0.25) is 0 Å². The molecule has 0 bridgehead atoms. The van der Waals surface area contributed by atoms with Crippen LogP contribution in [0.3, 0.4) is 0 Å². The molecule has 51 heavy (non-hydrogen) atoms. The van der Waals surface area contributed by atoms with Gasteiger partial charge in [-0.2, -0.15) is 0 Å². The van der Waals surface area contributed by atoms with Gasteiger partial charge in [-0.3, -0.25) is 4.98 Å². The maximum absolute atomic E-state index is 5.23. The molecule has 0 spiro atoms. The number of rotatable bonds is 9. The minimum Gasteiger partial charge on any atom is -0.265 e. The highest BCUT2D eigenvalue weighted by Crippen LogP contribution is 2.36. The maximum atomic E-state index is 5.23. The summed E-state index contributed by atoms with van der Waals surface area (Å²) in [5, 5.41) is 0.